The quantitative estimate of drug-likeness (QED) is 0.907. The molecule has 2 heterocycles. The molecule has 0 aliphatic carbocycles. The number of nitrogens with two attached hydrogens (primary N) is 1. The van der Waals surface area contributed by atoms with Gasteiger partial charge in [0.15, 0.2) is 0 Å². The van der Waals surface area contributed by atoms with Crippen molar-refractivity contribution in [3.63, 3.8) is 0 Å². The van der Waals surface area contributed by atoms with E-state index in [0.717, 1.165) is 13.0 Å². The summed E-state index contributed by atoms with van der Waals surface area (Å²) < 4.78 is 2.31. The standard InChI is InChI=1S/C17H25N3/c1-14-4-5-17-16(12-14)15(13-20(17)11-7-18)6-10-19-8-2-3-9-19/h4-5,12-13H,2-3,6-11,18H2,1H3. The Hall–Kier alpha value is -1.32. The van der Waals surface area contributed by atoms with Crippen molar-refractivity contribution in [1.29, 1.82) is 0 Å². The normalized spacial score (nSPS) is 16.3. The molecule has 3 nitrogen and oxygen atoms in total. The molecule has 0 atom stereocenters. The van der Waals surface area contributed by atoms with Gasteiger partial charge in [-0.15, -0.1) is 0 Å². The lowest BCUT2D eigenvalue weighted by molar-refractivity contribution is 0.344. The van der Waals surface area contributed by atoms with Crippen molar-refractivity contribution in [2.75, 3.05) is 26.2 Å². The van der Waals surface area contributed by atoms with Crippen LogP contribution in [0.3, 0.4) is 0 Å². The third-order valence-corrected chi connectivity index (χ3v) is 4.39. The van der Waals surface area contributed by atoms with Crippen LogP contribution in [0.2, 0.25) is 0 Å². The largest absolute Gasteiger partial charge is 0.346 e. The first-order valence-electron chi connectivity index (χ1n) is 7.79. The van der Waals surface area contributed by atoms with Gasteiger partial charge >= 0.3 is 0 Å². The van der Waals surface area contributed by atoms with Gasteiger partial charge in [-0.1, -0.05) is 11.6 Å². The Labute approximate surface area is 121 Å². The molecular formula is C17H25N3. The molecular weight excluding hydrogens is 246 g/mol. The fraction of sp³-hybridized carbons (Fsp3) is 0.529. The van der Waals surface area contributed by atoms with Crippen molar-refractivity contribution in [2.24, 2.45) is 5.73 Å². The second kappa shape index (κ2) is 5.98. The summed E-state index contributed by atoms with van der Waals surface area (Å²) in [6.45, 7) is 7.52. The van der Waals surface area contributed by atoms with Gasteiger partial charge in [-0.3, -0.25) is 0 Å². The van der Waals surface area contributed by atoms with Gasteiger partial charge in [-0.25, -0.2) is 0 Å². The highest BCUT2D eigenvalue weighted by Gasteiger charge is 2.13. The molecule has 0 radical (unpaired) electrons. The summed E-state index contributed by atoms with van der Waals surface area (Å²) >= 11 is 0. The van der Waals surface area contributed by atoms with Crippen molar-refractivity contribution >= 4 is 10.9 Å². The lowest BCUT2D eigenvalue weighted by Crippen LogP contribution is -2.21. The van der Waals surface area contributed by atoms with Crippen molar-refractivity contribution in [3.05, 3.63) is 35.5 Å². The van der Waals surface area contributed by atoms with Gasteiger partial charge in [0.25, 0.3) is 0 Å². The summed E-state index contributed by atoms with van der Waals surface area (Å²) in [5, 5.41) is 1.41. The van der Waals surface area contributed by atoms with Crippen molar-refractivity contribution in [3.8, 4) is 0 Å². The lowest BCUT2D eigenvalue weighted by Gasteiger charge is -2.13. The Balaban J connectivity index is 1.86. The zero-order valence-corrected chi connectivity index (χ0v) is 12.4. The molecule has 1 aromatic heterocycles. The molecule has 1 aliphatic rings. The number of aromatic nitrogens is 1. The Morgan fingerprint density at radius 1 is 1.15 bits per heavy atom. The van der Waals surface area contributed by atoms with Gasteiger partial charge in [-0.05, 0) is 57.0 Å². The van der Waals surface area contributed by atoms with Gasteiger partial charge in [0.2, 0.25) is 0 Å². The second-order valence-electron chi connectivity index (χ2n) is 5.96. The number of hydrogen-bond donors (Lipinski definition) is 1. The predicted molar refractivity (Wildman–Crippen MR) is 85.1 cm³/mol. The van der Waals surface area contributed by atoms with Crippen LogP contribution in [-0.4, -0.2) is 35.6 Å². The molecule has 20 heavy (non-hydrogen) atoms. The molecule has 2 N–H and O–H groups in total. The number of aryl methyl sites for hydroxylation is 1. The van der Waals surface area contributed by atoms with E-state index in [-0.39, 0.29) is 0 Å². The van der Waals surface area contributed by atoms with Crippen molar-refractivity contribution in [2.45, 2.75) is 32.7 Å². The van der Waals surface area contributed by atoms with Crippen LogP contribution in [0.5, 0.6) is 0 Å². The molecule has 0 bridgehead atoms. The Morgan fingerprint density at radius 2 is 1.95 bits per heavy atom. The smallest absolute Gasteiger partial charge is 0.0483 e. The van der Waals surface area contributed by atoms with Crippen LogP contribution in [0.1, 0.15) is 24.0 Å². The van der Waals surface area contributed by atoms with E-state index in [9.17, 15) is 0 Å². The summed E-state index contributed by atoms with van der Waals surface area (Å²) in [7, 11) is 0. The van der Waals surface area contributed by atoms with Gasteiger partial charge in [0.05, 0.1) is 0 Å². The summed E-state index contributed by atoms with van der Waals surface area (Å²) in [5.41, 5.74) is 9.88. The highest BCUT2D eigenvalue weighted by Crippen LogP contribution is 2.24. The number of hydrogen-bond acceptors (Lipinski definition) is 2. The number of benzene rings is 1. The van der Waals surface area contributed by atoms with E-state index in [1.54, 1.807) is 0 Å². The fourth-order valence-electron chi connectivity index (χ4n) is 3.29. The van der Waals surface area contributed by atoms with E-state index in [0.29, 0.717) is 6.54 Å². The van der Waals surface area contributed by atoms with E-state index >= 15 is 0 Å². The number of rotatable bonds is 5. The van der Waals surface area contributed by atoms with E-state index in [1.807, 2.05) is 0 Å². The number of fused-ring (bicyclic) bond motifs is 1. The van der Waals surface area contributed by atoms with Crippen LogP contribution in [0.4, 0.5) is 0 Å². The van der Waals surface area contributed by atoms with Gasteiger partial charge < -0.3 is 15.2 Å². The van der Waals surface area contributed by atoms with Gasteiger partial charge in [-0.2, -0.15) is 0 Å². The van der Waals surface area contributed by atoms with Crippen molar-refractivity contribution in [1.82, 2.24) is 9.47 Å². The van der Waals surface area contributed by atoms with Crippen LogP contribution in [-0.2, 0) is 13.0 Å². The van der Waals surface area contributed by atoms with Crippen LogP contribution < -0.4 is 5.73 Å². The Bertz CT molecular complexity index is 579. The highest BCUT2D eigenvalue weighted by atomic mass is 15.1. The maximum absolute atomic E-state index is 5.74. The first-order chi connectivity index (χ1) is 9.78. The number of likely N-dealkylation sites (tertiary alicyclic amines) is 1. The second-order valence-corrected chi connectivity index (χ2v) is 5.96. The minimum absolute atomic E-state index is 0.698. The minimum atomic E-state index is 0.698. The molecule has 0 unspecified atom stereocenters. The molecule has 3 rings (SSSR count). The third kappa shape index (κ3) is 2.74. The molecule has 1 saturated heterocycles. The van der Waals surface area contributed by atoms with E-state index in [1.165, 1.54) is 54.5 Å². The molecule has 1 aliphatic heterocycles. The predicted octanol–water partition coefficient (Wildman–Crippen LogP) is 2.55. The molecule has 1 aromatic carbocycles. The van der Waals surface area contributed by atoms with E-state index < -0.39 is 0 Å². The molecule has 0 amide bonds. The first kappa shape index (κ1) is 13.7. The molecule has 0 spiro atoms. The Morgan fingerprint density at radius 3 is 2.70 bits per heavy atom. The zero-order chi connectivity index (χ0) is 13.9. The Kier molecular flexibility index (Phi) is 4.08. The molecule has 0 saturated carbocycles. The van der Waals surface area contributed by atoms with Crippen LogP contribution in [0.25, 0.3) is 10.9 Å². The average Bonchev–Trinajstić information content (AvgIpc) is 3.05. The highest BCUT2D eigenvalue weighted by molar-refractivity contribution is 5.84. The molecule has 108 valence electrons. The fourth-order valence-corrected chi connectivity index (χ4v) is 3.29. The van der Waals surface area contributed by atoms with Crippen molar-refractivity contribution < 1.29 is 0 Å². The SMILES string of the molecule is Cc1ccc2c(c1)c(CCN1CCCC1)cn2CCN. The van der Waals surface area contributed by atoms with E-state index in [2.05, 4.69) is 40.8 Å². The number of nitrogens with zero attached hydrogens (tertiary/aromatic N) is 2. The minimum Gasteiger partial charge on any atom is -0.346 e. The van der Waals surface area contributed by atoms with Crippen LogP contribution >= 0.6 is 0 Å². The third-order valence-electron chi connectivity index (χ3n) is 4.39. The summed E-state index contributed by atoms with van der Waals surface area (Å²) in [6, 6.07) is 6.75. The first-order valence-corrected chi connectivity index (χ1v) is 7.79. The van der Waals surface area contributed by atoms with Crippen LogP contribution in [0, 0.1) is 6.92 Å². The summed E-state index contributed by atoms with van der Waals surface area (Å²) in [6.07, 6.45) is 6.20. The lowest BCUT2D eigenvalue weighted by atomic mass is 10.1. The topological polar surface area (TPSA) is 34.2 Å². The van der Waals surface area contributed by atoms with Gasteiger partial charge in [0, 0.05) is 36.7 Å². The molecule has 1 fully saturated rings. The summed E-state index contributed by atoms with van der Waals surface area (Å²) in [4.78, 5) is 2.59. The summed E-state index contributed by atoms with van der Waals surface area (Å²) in [5.74, 6) is 0. The maximum atomic E-state index is 5.74. The zero-order valence-electron chi connectivity index (χ0n) is 12.4. The maximum Gasteiger partial charge on any atom is 0.0483 e. The van der Waals surface area contributed by atoms with Gasteiger partial charge in [0.1, 0.15) is 0 Å². The molecule has 3 heteroatoms. The molecule has 2 aromatic rings. The average molecular weight is 271 g/mol. The van der Waals surface area contributed by atoms with E-state index in [4.69, 9.17) is 5.73 Å². The monoisotopic (exact) mass is 271 g/mol. The van der Waals surface area contributed by atoms with Crippen LogP contribution in [0.15, 0.2) is 24.4 Å².